The average molecular weight is 343 g/mol. The van der Waals surface area contributed by atoms with E-state index in [4.69, 9.17) is 10.2 Å². The Bertz CT molecular complexity index is 778. The van der Waals surface area contributed by atoms with Crippen molar-refractivity contribution in [3.63, 3.8) is 0 Å². The number of anilines is 1. The lowest BCUT2D eigenvalue weighted by Gasteiger charge is -2.49. The summed E-state index contributed by atoms with van der Waals surface area (Å²) in [6.45, 7) is 11.7. The van der Waals surface area contributed by atoms with E-state index in [1.165, 1.54) is 19.3 Å². The van der Waals surface area contributed by atoms with E-state index in [0.29, 0.717) is 22.9 Å². The predicted molar refractivity (Wildman–Crippen MR) is 99.3 cm³/mol. The van der Waals surface area contributed by atoms with E-state index in [9.17, 15) is 0 Å². The molecule has 0 radical (unpaired) electrons. The van der Waals surface area contributed by atoms with Crippen LogP contribution in [0.4, 0.5) is 5.82 Å². The Morgan fingerprint density at radius 1 is 1.24 bits per heavy atom. The standard InChI is InChI=1S/C19H29N5O/c1-12-10-24(9-6-19(12)4-7-21-8-5-19)11-15-22-17(20)16-13(2)14(3)25-18(16)23-15/h12,21H,4-11H2,1-3H3,(H2,20,22,23). The van der Waals surface area contributed by atoms with Gasteiger partial charge in [0.1, 0.15) is 17.4 Å². The third-order valence-electron chi connectivity index (χ3n) is 6.57. The topological polar surface area (TPSA) is 80.2 Å². The number of nitrogen functional groups attached to an aromatic ring is 1. The van der Waals surface area contributed by atoms with Crippen LogP contribution in [0.15, 0.2) is 4.42 Å². The summed E-state index contributed by atoms with van der Waals surface area (Å²) in [5.41, 5.74) is 8.37. The summed E-state index contributed by atoms with van der Waals surface area (Å²) >= 11 is 0. The summed E-state index contributed by atoms with van der Waals surface area (Å²) < 4.78 is 5.76. The molecule has 2 aromatic rings. The molecule has 25 heavy (non-hydrogen) atoms. The lowest BCUT2D eigenvalue weighted by molar-refractivity contribution is 0.0128. The SMILES string of the molecule is Cc1oc2nc(CN3CCC4(CCNCC4)C(C)C3)nc(N)c2c1C. The van der Waals surface area contributed by atoms with Crippen LogP contribution in [-0.4, -0.2) is 41.0 Å². The molecule has 0 aromatic carbocycles. The highest BCUT2D eigenvalue weighted by molar-refractivity contribution is 5.88. The number of furan rings is 1. The number of nitrogens with one attached hydrogen (secondary N) is 1. The summed E-state index contributed by atoms with van der Waals surface area (Å²) in [6.07, 6.45) is 3.89. The molecule has 3 N–H and O–H groups in total. The van der Waals surface area contributed by atoms with E-state index >= 15 is 0 Å². The number of nitrogens with two attached hydrogens (primary N) is 1. The van der Waals surface area contributed by atoms with Gasteiger partial charge in [-0.15, -0.1) is 0 Å². The van der Waals surface area contributed by atoms with Crippen LogP contribution in [0.2, 0.25) is 0 Å². The van der Waals surface area contributed by atoms with Gasteiger partial charge in [0.15, 0.2) is 0 Å². The van der Waals surface area contributed by atoms with Gasteiger partial charge in [0, 0.05) is 12.1 Å². The Morgan fingerprint density at radius 2 is 2.00 bits per heavy atom. The van der Waals surface area contributed by atoms with E-state index in [1.807, 2.05) is 13.8 Å². The fourth-order valence-corrected chi connectivity index (χ4v) is 4.71. The largest absolute Gasteiger partial charge is 0.443 e. The van der Waals surface area contributed by atoms with Crippen molar-refractivity contribution in [1.29, 1.82) is 0 Å². The number of piperidine rings is 2. The van der Waals surface area contributed by atoms with Crippen LogP contribution in [0.5, 0.6) is 0 Å². The first-order chi connectivity index (χ1) is 12.0. The van der Waals surface area contributed by atoms with Gasteiger partial charge in [-0.3, -0.25) is 4.90 Å². The third kappa shape index (κ3) is 2.91. The molecule has 2 aliphatic rings. The molecule has 1 spiro atoms. The molecule has 4 rings (SSSR count). The van der Waals surface area contributed by atoms with Crippen LogP contribution in [0.1, 0.15) is 43.3 Å². The first-order valence-corrected chi connectivity index (χ1v) is 9.44. The number of nitrogens with zero attached hydrogens (tertiary/aromatic N) is 3. The van der Waals surface area contributed by atoms with Gasteiger partial charge in [-0.1, -0.05) is 6.92 Å². The minimum Gasteiger partial charge on any atom is -0.443 e. The Kier molecular flexibility index (Phi) is 4.20. The monoisotopic (exact) mass is 343 g/mol. The highest BCUT2D eigenvalue weighted by atomic mass is 16.3. The normalized spacial score (nSPS) is 24.2. The molecule has 2 aliphatic heterocycles. The van der Waals surface area contributed by atoms with Crippen molar-refractivity contribution in [1.82, 2.24) is 20.2 Å². The zero-order chi connectivity index (χ0) is 17.6. The van der Waals surface area contributed by atoms with Crippen molar-refractivity contribution in [2.45, 2.75) is 46.6 Å². The molecule has 6 nitrogen and oxygen atoms in total. The summed E-state index contributed by atoms with van der Waals surface area (Å²) in [5, 5.41) is 4.36. The highest BCUT2D eigenvalue weighted by Crippen LogP contribution is 2.43. The van der Waals surface area contributed by atoms with Gasteiger partial charge in [0.05, 0.1) is 11.9 Å². The van der Waals surface area contributed by atoms with Gasteiger partial charge in [0.2, 0.25) is 5.71 Å². The molecule has 0 bridgehead atoms. The highest BCUT2D eigenvalue weighted by Gasteiger charge is 2.41. The molecule has 0 amide bonds. The summed E-state index contributed by atoms with van der Waals surface area (Å²) in [6, 6.07) is 0. The molecule has 136 valence electrons. The Labute approximate surface area is 149 Å². The van der Waals surface area contributed by atoms with Crippen molar-refractivity contribution in [2.75, 3.05) is 31.9 Å². The number of rotatable bonds is 2. The maximum atomic E-state index is 6.18. The van der Waals surface area contributed by atoms with E-state index in [1.54, 1.807) is 0 Å². The Balaban J connectivity index is 1.50. The van der Waals surface area contributed by atoms with Crippen molar-refractivity contribution in [3.8, 4) is 0 Å². The summed E-state index contributed by atoms with van der Waals surface area (Å²) in [7, 11) is 0. The van der Waals surface area contributed by atoms with Gasteiger partial charge in [-0.2, -0.15) is 4.98 Å². The van der Waals surface area contributed by atoms with E-state index < -0.39 is 0 Å². The Hall–Kier alpha value is -1.66. The average Bonchev–Trinajstić information content (AvgIpc) is 2.87. The maximum Gasteiger partial charge on any atom is 0.231 e. The van der Waals surface area contributed by atoms with Gasteiger partial charge in [-0.05, 0) is 64.1 Å². The number of aromatic nitrogens is 2. The molecule has 0 aliphatic carbocycles. The van der Waals surface area contributed by atoms with E-state index in [2.05, 4.69) is 27.1 Å². The third-order valence-corrected chi connectivity index (χ3v) is 6.57. The van der Waals surface area contributed by atoms with Gasteiger partial charge >= 0.3 is 0 Å². The van der Waals surface area contributed by atoms with Crippen LogP contribution in [0.25, 0.3) is 11.1 Å². The zero-order valence-electron chi connectivity index (χ0n) is 15.6. The number of hydrogen-bond donors (Lipinski definition) is 2. The van der Waals surface area contributed by atoms with Crippen LogP contribution >= 0.6 is 0 Å². The molecule has 4 heterocycles. The molecular weight excluding hydrogens is 314 g/mol. The van der Waals surface area contributed by atoms with E-state index in [-0.39, 0.29) is 0 Å². The minimum absolute atomic E-state index is 0.529. The first-order valence-electron chi connectivity index (χ1n) is 9.44. The van der Waals surface area contributed by atoms with Crippen LogP contribution in [-0.2, 0) is 6.54 Å². The molecule has 6 heteroatoms. The minimum atomic E-state index is 0.529. The first kappa shape index (κ1) is 16.8. The second-order valence-electron chi connectivity index (χ2n) is 7.99. The fraction of sp³-hybridized carbons (Fsp3) is 0.684. The quantitative estimate of drug-likeness (QED) is 0.872. The molecule has 0 saturated carbocycles. The van der Waals surface area contributed by atoms with Gasteiger partial charge in [0.25, 0.3) is 0 Å². The van der Waals surface area contributed by atoms with Crippen molar-refractivity contribution in [3.05, 3.63) is 17.1 Å². The lowest BCUT2D eigenvalue weighted by atomic mass is 9.65. The second-order valence-corrected chi connectivity index (χ2v) is 7.99. The van der Waals surface area contributed by atoms with Crippen molar-refractivity contribution >= 4 is 16.9 Å². The number of likely N-dealkylation sites (tertiary alicyclic amines) is 1. The molecule has 2 fully saturated rings. The Morgan fingerprint density at radius 3 is 2.72 bits per heavy atom. The fourth-order valence-electron chi connectivity index (χ4n) is 4.71. The maximum absolute atomic E-state index is 6.18. The van der Waals surface area contributed by atoms with Gasteiger partial charge in [-0.25, -0.2) is 4.98 Å². The summed E-state index contributed by atoms with van der Waals surface area (Å²) in [5.74, 6) is 2.88. The molecule has 1 unspecified atom stereocenters. The zero-order valence-corrected chi connectivity index (χ0v) is 15.6. The second kappa shape index (κ2) is 6.25. The molecule has 1 atom stereocenters. The lowest BCUT2D eigenvalue weighted by Crippen LogP contribution is -2.50. The molecular formula is C19H29N5O. The smallest absolute Gasteiger partial charge is 0.231 e. The van der Waals surface area contributed by atoms with Crippen LogP contribution < -0.4 is 11.1 Å². The number of fused-ring (bicyclic) bond motifs is 1. The van der Waals surface area contributed by atoms with Gasteiger partial charge < -0.3 is 15.5 Å². The predicted octanol–water partition coefficient (Wildman–Crippen LogP) is 2.63. The number of aryl methyl sites for hydroxylation is 2. The number of hydrogen-bond acceptors (Lipinski definition) is 6. The van der Waals surface area contributed by atoms with Crippen molar-refractivity contribution < 1.29 is 4.42 Å². The van der Waals surface area contributed by atoms with Crippen LogP contribution in [0, 0.1) is 25.2 Å². The summed E-state index contributed by atoms with van der Waals surface area (Å²) in [4.78, 5) is 11.7. The van der Waals surface area contributed by atoms with E-state index in [0.717, 1.165) is 55.3 Å². The molecule has 2 aromatic heterocycles. The van der Waals surface area contributed by atoms with Crippen molar-refractivity contribution in [2.24, 2.45) is 11.3 Å². The van der Waals surface area contributed by atoms with Crippen LogP contribution in [0.3, 0.4) is 0 Å². The molecule has 2 saturated heterocycles.